The van der Waals surface area contributed by atoms with E-state index in [1.807, 2.05) is 0 Å². The Kier molecular flexibility index (Phi) is 4.50. The first-order valence-electron chi connectivity index (χ1n) is 6.16. The van der Waals surface area contributed by atoms with Crippen molar-refractivity contribution in [2.24, 2.45) is 5.92 Å². The zero-order valence-corrected chi connectivity index (χ0v) is 11.7. The van der Waals surface area contributed by atoms with E-state index < -0.39 is 17.2 Å². The molecule has 18 heavy (non-hydrogen) atoms. The van der Waals surface area contributed by atoms with Gasteiger partial charge in [-0.2, -0.15) is 0 Å². The van der Waals surface area contributed by atoms with Gasteiger partial charge in [-0.25, -0.2) is 14.6 Å². The molecule has 5 heteroatoms. The van der Waals surface area contributed by atoms with Crippen LogP contribution in [0.1, 0.15) is 47.0 Å². The third kappa shape index (κ3) is 4.38. The lowest BCUT2D eigenvalue weighted by molar-refractivity contribution is -0.392. The highest BCUT2D eigenvalue weighted by atomic mass is 17.2. The molecular weight excluding hydrogens is 236 g/mol. The van der Waals surface area contributed by atoms with Gasteiger partial charge in [0, 0.05) is 12.3 Å². The first-order valence-corrected chi connectivity index (χ1v) is 6.16. The lowest BCUT2D eigenvalue weighted by Gasteiger charge is -2.28. The Bertz CT molecular complexity index is 327. The van der Waals surface area contributed by atoms with Crippen molar-refractivity contribution >= 4 is 11.8 Å². The number of esters is 1. The smallest absolute Gasteiger partial charge is 0.341 e. The molecule has 0 radical (unpaired) electrons. The predicted octanol–water partition coefficient (Wildman–Crippen LogP) is 2.03. The molecule has 1 unspecified atom stereocenters. The average molecular weight is 258 g/mol. The number of hydrogen-bond acceptors (Lipinski definition) is 5. The summed E-state index contributed by atoms with van der Waals surface area (Å²) in [6.07, 6.45) is 1.78. The fourth-order valence-electron chi connectivity index (χ4n) is 1.45. The van der Waals surface area contributed by atoms with E-state index in [2.05, 4.69) is 4.74 Å². The van der Waals surface area contributed by atoms with Gasteiger partial charge in [0.2, 0.25) is 5.60 Å². The zero-order chi connectivity index (χ0) is 14.0. The largest absolute Gasteiger partial charge is 0.467 e. The summed E-state index contributed by atoms with van der Waals surface area (Å²) in [5.41, 5.74) is -1.93. The van der Waals surface area contributed by atoms with E-state index in [4.69, 9.17) is 9.78 Å². The normalized spacial score (nSPS) is 19.2. The van der Waals surface area contributed by atoms with Gasteiger partial charge in [0.15, 0.2) is 0 Å². The number of carbonyl (C=O) groups is 2. The summed E-state index contributed by atoms with van der Waals surface area (Å²) in [4.78, 5) is 33.9. The molecule has 0 N–H and O–H groups in total. The minimum atomic E-state index is -1.37. The summed E-state index contributed by atoms with van der Waals surface area (Å²) >= 11 is 0. The number of methoxy groups -OCH3 is 1. The maximum atomic E-state index is 11.8. The molecule has 1 fully saturated rings. The molecule has 0 heterocycles. The van der Waals surface area contributed by atoms with E-state index >= 15 is 0 Å². The Labute approximate surface area is 108 Å². The van der Waals surface area contributed by atoms with Gasteiger partial charge in [0.1, 0.15) is 5.78 Å². The fraction of sp³-hybridized carbons (Fsp3) is 0.846. The van der Waals surface area contributed by atoms with E-state index in [0.29, 0.717) is 0 Å². The van der Waals surface area contributed by atoms with Crippen molar-refractivity contribution in [2.45, 2.75) is 58.2 Å². The van der Waals surface area contributed by atoms with Crippen LogP contribution >= 0.6 is 0 Å². The van der Waals surface area contributed by atoms with Gasteiger partial charge in [0.05, 0.1) is 12.7 Å². The van der Waals surface area contributed by atoms with Gasteiger partial charge < -0.3 is 4.74 Å². The number of carbonyl (C=O) groups excluding carboxylic acids is 2. The quantitative estimate of drug-likeness (QED) is 0.414. The summed E-state index contributed by atoms with van der Waals surface area (Å²) < 4.78 is 4.69. The zero-order valence-electron chi connectivity index (χ0n) is 11.7. The average Bonchev–Trinajstić information content (AvgIpc) is 3.08. The Morgan fingerprint density at radius 1 is 1.11 bits per heavy atom. The topological polar surface area (TPSA) is 61.8 Å². The third-order valence-electron chi connectivity index (χ3n) is 2.64. The molecule has 1 saturated carbocycles. The van der Waals surface area contributed by atoms with Gasteiger partial charge in [-0.1, -0.05) is 0 Å². The molecule has 0 bridgehead atoms. The molecule has 1 aliphatic rings. The Hall–Kier alpha value is -0.940. The first kappa shape index (κ1) is 15.1. The van der Waals surface area contributed by atoms with Crippen molar-refractivity contribution in [1.29, 1.82) is 0 Å². The van der Waals surface area contributed by atoms with E-state index in [9.17, 15) is 9.59 Å². The van der Waals surface area contributed by atoms with Crippen molar-refractivity contribution in [3.05, 3.63) is 0 Å². The van der Waals surface area contributed by atoms with E-state index in [0.717, 1.165) is 12.8 Å². The fourth-order valence-corrected chi connectivity index (χ4v) is 1.45. The molecule has 1 atom stereocenters. The summed E-state index contributed by atoms with van der Waals surface area (Å²) in [7, 11) is 1.27. The van der Waals surface area contributed by atoms with Crippen LogP contribution in [-0.2, 0) is 24.1 Å². The molecule has 0 aliphatic heterocycles. The van der Waals surface area contributed by atoms with E-state index in [1.165, 1.54) is 14.0 Å². The third-order valence-corrected chi connectivity index (χ3v) is 2.64. The number of Topliss-reactive ketones (excluding diaryl/α,β-unsaturated/α-hetero) is 1. The molecule has 0 saturated heterocycles. The minimum Gasteiger partial charge on any atom is -0.467 e. The maximum absolute atomic E-state index is 11.8. The van der Waals surface area contributed by atoms with Gasteiger partial charge >= 0.3 is 5.97 Å². The van der Waals surface area contributed by atoms with Crippen LogP contribution in [0.5, 0.6) is 0 Å². The molecule has 0 aromatic carbocycles. The second-order valence-electron chi connectivity index (χ2n) is 5.92. The van der Waals surface area contributed by atoms with Gasteiger partial charge in [-0.05, 0) is 40.5 Å². The van der Waals surface area contributed by atoms with E-state index in [-0.39, 0.29) is 18.1 Å². The highest BCUT2D eigenvalue weighted by Crippen LogP contribution is 2.34. The van der Waals surface area contributed by atoms with Crippen LogP contribution in [-0.4, -0.2) is 30.1 Å². The number of ketones is 1. The minimum absolute atomic E-state index is 0.0135. The first-order chi connectivity index (χ1) is 8.18. The van der Waals surface area contributed by atoms with Crippen LogP contribution in [0, 0.1) is 5.92 Å². The number of hydrogen-bond donors (Lipinski definition) is 0. The van der Waals surface area contributed by atoms with Gasteiger partial charge in [0.25, 0.3) is 0 Å². The second-order valence-corrected chi connectivity index (χ2v) is 5.92. The molecule has 0 spiro atoms. The van der Waals surface area contributed by atoms with Crippen LogP contribution in [0.2, 0.25) is 0 Å². The van der Waals surface area contributed by atoms with Crippen molar-refractivity contribution in [1.82, 2.24) is 0 Å². The Balaban J connectivity index is 2.67. The highest BCUT2D eigenvalue weighted by Gasteiger charge is 2.44. The van der Waals surface area contributed by atoms with E-state index in [1.54, 1.807) is 20.8 Å². The summed E-state index contributed by atoms with van der Waals surface area (Å²) in [5, 5.41) is 0. The molecule has 1 rings (SSSR count). The molecule has 0 amide bonds. The van der Waals surface area contributed by atoms with Crippen LogP contribution < -0.4 is 0 Å². The van der Waals surface area contributed by atoms with Crippen LogP contribution in [0.3, 0.4) is 0 Å². The maximum Gasteiger partial charge on any atom is 0.341 e. The Morgan fingerprint density at radius 3 is 2.06 bits per heavy atom. The van der Waals surface area contributed by atoms with Crippen molar-refractivity contribution in [3.8, 4) is 0 Å². The Morgan fingerprint density at radius 2 is 1.67 bits per heavy atom. The molecule has 1 aliphatic carbocycles. The summed E-state index contributed by atoms with van der Waals surface area (Å²) in [6, 6.07) is 0. The molecule has 5 nitrogen and oxygen atoms in total. The van der Waals surface area contributed by atoms with Crippen molar-refractivity contribution < 1.29 is 24.1 Å². The van der Waals surface area contributed by atoms with Crippen LogP contribution in [0.25, 0.3) is 0 Å². The molecule has 104 valence electrons. The number of rotatable bonds is 6. The van der Waals surface area contributed by atoms with Crippen LogP contribution in [0.4, 0.5) is 0 Å². The van der Waals surface area contributed by atoms with Crippen molar-refractivity contribution in [2.75, 3.05) is 7.11 Å². The molecular formula is C13H22O5. The monoisotopic (exact) mass is 258 g/mol. The highest BCUT2D eigenvalue weighted by molar-refractivity contribution is 5.90. The summed E-state index contributed by atoms with van der Waals surface area (Å²) in [6.45, 7) is 6.92. The second kappa shape index (κ2) is 5.36. The van der Waals surface area contributed by atoms with Crippen molar-refractivity contribution in [3.63, 3.8) is 0 Å². The van der Waals surface area contributed by atoms with Crippen LogP contribution in [0.15, 0.2) is 0 Å². The standard InChI is InChI=1S/C13H22O5/c1-12(2,3)17-18-13(4,11(15)16-5)8-10(14)9-6-7-9/h9H,6-8H2,1-5H3. The molecule has 0 aromatic heterocycles. The molecule has 0 aromatic rings. The number of ether oxygens (including phenoxy) is 1. The summed E-state index contributed by atoms with van der Waals surface area (Å²) in [5.74, 6) is -0.492. The van der Waals surface area contributed by atoms with Gasteiger partial charge in [-0.15, -0.1) is 0 Å². The van der Waals surface area contributed by atoms with Gasteiger partial charge in [-0.3, -0.25) is 4.79 Å². The SMILES string of the molecule is COC(=O)C(C)(CC(=O)C1CC1)OOC(C)(C)C. The lowest BCUT2D eigenvalue weighted by atomic mass is 9.97. The lowest BCUT2D eigenvalue weighted by Crippen LogP contribution is -2.43. The predicted molar refractivity (Wildman–Crippen MR) is 64.7 cm³/mol.